The van der Waals surface area contributed by atoms with Gasteiger partial charge in [-0.1, -0.05) is 12.1 Å². The first-order chi connectivity index (χ1) is 9.17. The molecule has 0 fully saturated rings. The Kier molecular flexibility index (Phi) is 5.57. The summed E-state index contributed by atoms with van der Waals surface area (Å²) in [6.07, 6.45) is 0.816. The largest absolute Gasteiger partial charge is 0.444 e. The van der Waals surface area contributed by atoms with Gasteiger partial charge in [0.05, 0.1) is 6.10 Å². The molecule has 1 unspecified atom stereocenters. The number of carbonyl (C=O) groups is 1. The highest BCUT2D eigenvalue weighted by Gasteiger charge is 2.16. The lowest BCUT2D eigenvalue weighted by molar-refractivity contribution is 0.0636. The van der Waals surface area contributed by atoms with E-state index in [9.17, 15) is 9.90 Å². The summed E-state index contributed by atoms with van der Waals surface area (Å²) in [5.41, 5.74) is 2.38. The van der Waals surface area contributed by atoms with Crippen LogP contribution in [0.4, 0.5) is 10.5 Å². The molecule has 1 amide bonds. The molecule has 0 radical (unpaired) electrons. The molecule has 4 nitrogen and oxygen atoms in total. The first kappa shape index (κ1) is 16.5. The molecule has 0 heterocycles. The number of hydrogen-bond donors (Lipinski definition) is 2. The molecule has 0 aliphatic carbocycles. The lowest BCUT2D eigenvalue weighted by Crippen LogP contribution is -2.27. The minimum absolute atomic E-state index is 0.296. The molecule has 0 spiro atoms. The van der Waals surface area contributed by atoms with Gasteiger partial charge >= 0.3 is 6.09 Å². The van der Waals surface area contributed by atoms with E-state index in [2.05, 4.69) is 5.32 Å². The molecule has 2 N–H and O–H groups in total. The summed E-state index contributed by atoms with van der Waals surface area (Å²) in [7, 11) is 0. The van der Waals surface area contributed by atoms with Gasteiger partial charge in [-0.3, -0.25) is 5.32 Å². The fourth-order valence-electron chi connectivity index (χ4n) is 1.81. The van der Waals surface area contributed by atoms with Crippen molar-refractivity contribution in [1.29, 1.82) is 0 Å². The van der Waals surface area contributed by atoms with Crippen molar-refractivity contribution < 1.29 is 14.6 Å². The quantitative estimate of drug-likeness (QED) is 0.884. The molecule has 20 heavy (non-hydrogen) atoms. The van der Waals surface area contributed by atoms with Gasteiger partial charge in [0.2, 0.25) is 0 Å². The Balaban J connectivity index is 2.66. The smallest absolute Gasteiger partial charge is 0.412 e. The van der Waals surface area contributed by atoms with E-state index >= 15 is 0 Å². The molecule has 0 aliphatic heterocycles. The zero-order valence-electron chi connectivity index (χ0n) is 13.0. The number of anilines is 1. The fraction of sp³-hybridized carbons (Fsp3) is 0.562. The summed E-state index contributed by atoms with van der Waals surface area (Å²) in [5, 5.41) is 12.0. The van der Waals surface area contributed by atoms with Crippen LogP contribution in [0.15, 0.2) is 18.2 Å². The minimum atomic E-state index is -0.505. The van der Waals surface area contributed by atoms with Gasteiger partial charge in [-0.15, -0.1) is 0 Å². The SMILES string of the molecule is Cc1cc(CCC(C)O)ccc1NC(=O)OC(C)(C)C. The second kappa shape index (κ2) is 6.75. The lowest BCUT2D eigenvalue weighted by Gasteiger charge is -2.20. The fourth-order valence-corrected chi connectivity index (χ4v) is 1.81. The van der Waals surface area contributed by atoms with Crippen LogP contribution in [0.2, 0.25) is 0 Å². The van der Waals surface area contributed by atoms with Gasteiger partial charge < -0.3 is 9.84 Å². The predicted molar refractivity (Wildman–Crippen MR) is 81.0 cm³/mol. The molecule has 0 aliphatic rings. The lowest BCUT2D eigenvalue weighted by atomic mass is 10.0. The topological polar surface area (TPSA) is 58.6 Å². The van der Waals surface area contributed by atoms with E-state index in [1.54, 1.807) is 6.92 Å². The Labute approximate surface area is 121 Å². The molecule has 0 saturated carbocycles. The molecule has 4 heteroatoms. The van der Waals surface area contributed by atoms with E-state index in [4.69, 9.17) is 4.74 Å². The number of amides is 1. The zero-order valence-corrected chi connectivity index (χ0v) is 13.0. The third-order valence-electron chi connectivity index (χ3n) is 2.78. The van der Waals surface area contributed by atoms with Gasteiger partial charge in [0.1, 0.15) is 5.60 Å². The summed E-state index contributed by atoms with van der Waals surface area (Å²) < 4.78 is 5.22. The minimum Gasteiger partial charge on any atom is -0.444 e. The van der Waals surface area contributed by atoms with Crippen LogP contribution in [-0.4, -0.2) is 22.9 Å². The molecular weight excluding hydrogens is 254 g/mol. The highest BCUT2D eigenvalue weighted by Crippen LogP contribution is 2.19. The van der Waals surface area contributed by atoms with Gasteiger partial charge in [-0.05, 0) is 64.7 Å². The van der Waals surface area contributed by atoms with Crippen LogP contribution in [-0.2, 0) is 11.2 Å². The van der Waals surface area contributed by atoms with Crippen molar-refractivity contribution in [2.24, 2.45) is 0 Å². The third kappa shape index (κ3) is 6.06. The summed E-state index contributed by atoms with van der Waals surface area (Å²) >= 11 is 0. The van der Waals surface area contributed by atoms with Crippen molar-refractivity contribution in [2.75, 3.05) is 5.32 Å². The number of aliphatic hydroxyl groups excluding tert-OH is 1. The van der Waals surface area contributed by atoms with Gasteiger partial charge in [0.25, 0.3) is 0 Å². The summed E-state index contributed by atoms with van der Waals surface area (Å²) in [5.74, 6) is 0. The van der Waals surface area contributed by atoms with Gasteiger partial charge in [-0.25, -0.2) is 4.79 Å². The molecule has 112 valence electrons. The normalized spacial score (nSPS) is 12.9. The van der Waals surface area contributed by atoms with E-state index in [-0.39, 0.29) is 6.10 Å². The molecule has 1 aromatic rings. The average Bonchev–Trinajstić information content (AvgIpc) is 2.27. The van der Waals surface area contributed by atoms with Crippen LogP contribution in [0.1, 0.15) is 45.2 Å². The number of carbonyl (C=O) groups excluding carboxylic acids is 1. The van der Waals surface area contributed by atoms with Crippen LogP contribution < -0.4 is 5.32 Å². The van der Waals surface area contributed by atoms with Gasteiger partial charge in [-0.2, -0.15) is 0 Å². The maximum atomic E-state index is 11.7. The molecular formula is C16H25NO3. The number of nitrogens with one attached hydrogen (secondary N) is 1. The van der Waals surface area contributed by atoms with Gasteiger partial charge in [0.15, 0.2) is 0 Å². The van der Waals surface area contributed by atoms with Crippen LogP contribution in [0.25, 0.3) is 0 Å². The van der Waals surface area contributed by atoms with Crippen molar-refractivity contribution in [2.45, 2.75) is 59.2 Å². The first-order valence-corrected chi connectivity index (χ1v) is 6.95. The van der Waals surface area contributed by atoms with Crippen molar-refractivity contribution in [1.82, 2.24) is 0 Å². The second-order valence-electron chi connectivity index (χ2n) is 6.16. The highest BCUT2D eigenvalue weighted by molar-refractivity contribution is 5.85. The Morgan fingerprint density at radius 2 is 2.05 bits per heavy atom. The molecule has 1 rings (SSSR count). The van der Waals surface area contributed by atoms with Crippen LogP contribution in [0.5, 0.6) is 0 Å². The van der Waals surface area contributed by atoms with E-state index < -0.39 is 11.7 Å². The second-order valence-corrected chi connectivity index (χ2v) is 6.16. The number of rotatable bonds is 4. The van der Waals surface area contributed by atoms with Crippen molar-refractivity contribution in [3.63, 3.8) is 0 Å². The van der Waals surface area contributed by atoms with Crippen LogP contribution in [0.3, 0.4) is 0 Å². The Morgan fingerprint density at radius 3 is 2.55 bits per heavy atom. The average molecular weight is 279 g/mol. The number of hydrogen-bond acceptors (Lipinski definition) is 3. The molecule has 1 aromatic carbocycles. The van der Waals surface area contributed by atoms with Gasteiger partial charge in [0, 0.05) is 5.69 Å². The Hall–Kier alpha value is -1.55. The van der Waals surface area contributed by atoms with Crippen molar-refractivity contribution in [3.05, 3.63) is 29.3 Å². The van der Waals surface area contributed by atoms with Crippen molar-refractivity contribution >= 4 is 11.8 Å². The summed E-state index contributed by atoms with van der Waals surface area (Å²) in [4.78, 5) is 11.7. The van der Waals surface area contributed by atoms with E-state index in [0.29, 0.717) is 0 Å². The van der Waals surface area contributed by atoms with E-state index in [1.165, 1.54) is 0 Å². The highest BCUT2D eigenvalue weighted by atomic mass is 16.6. The summed E-state index contributed by atoms with van der Waals surface area (Å²) in [6.45, 7) is 9.22. The number of aliphatic hydroxyl groups is 1. The predicted octanol–water partition coefficient (Wildman–Crippen LogP) is 3.66. The monoisotopic (exact) mass is 279 g/mol. The maximum absolute atomic E-state index is 11.7. The zero-order chi connectivity index (χ0) is 15.3. The first-order valence-electron chi connectivity index (χ1n) is 6.95. The number of benzene rings is 1. The van der Waals surface area contributed by atoms with Crippen LogP contribution in [0, 0.1) is 6.92 Å². The van der Waals surface area contributed by atoms with Crippen LogP contribution >= 0.6 is 0 Å². The van der Waals surface area contributed by atoms with E-state index in [0.717, 1.165) is 29.7 Å². The molecule has 0 saturated heterocycles. The molecule has 0 aromatic heterocycles. The summed E-state index contributed by atoms with van der Waals surface area (Å²) in [6, 6.07) is 5.85. The number of aryl methyl sites for hydroxylation is 2. The van der Waals surface area contributed by atoms with Crippen molar-refractivity contribution in [3.8, 4) is 0 Å². The maximum Gasteiger partial charge on any atom is 0.412 e. The number of ether oxygens (including phenoxy) is 1. The molecule has 0 bridgehead atoms. The van der Waals surface area contributed by atoms with E-state index in [1.807, 2.05) is 45.9 Å². The Bertz CT molecular complexity index is 461. The third-order valence-corrected chi connectivity index (χ3v) is 2.78. The Morgan fingerprint density at radius 1 is 1.40 bits per heavy atom. The standard InChI is InChI=1S/C16H25NO3/c1-11-10-13(7-6-12(2)18)8-9-14(11)17-15(19)20-16(3,4)5/h8-10,12,18H,6-7H2,1-5H3,(H,17,19). The molecule has 1 atom stereocenters.